The maximum atomic E-state index is 6.26. The monoisotopic (exact) mass is 494 g/mol. The van der Waals surface area contributed by atoms with E-state index in [2.05, 4.69) is 58.9 Å². The van der Waals surface area contributed by atoms with Crippen LogP contribution in [0.1, 0.15) is 130 Å². The van der Waals surface area contributed by atoms with Crippen LogP contribution in [0.3, 0.4) is 0 Å². The summed E-state index contributed by atoms with van der Waals surface area (Å²) >= 11 is 0. The molecule has 0 aliphatic heterocycles. The maximum Gasteiger partial charge on any atom is 0.397 e. The van der Waals surface area contributed by atoms with Gasteiger partial charge in [-0.1, -0.05) is 117 Å². The Morgan fingerprint density at radius 1 is 0.618 bits per heavy atom. The number of benzene rings is 1. The Balaban J connectivity index is 2.60. The molecule has 0 saturated carbocycles. The lowest BCUT2D eigenvalue weighted by molar-refractivity contribution is 0.152. The van der Waals surface area contributed by atoms with Gasteiger partial charge in [0.1, 0.15) is 5.75 Å². The van der Waals surface area contributed by atoms with E-state index in [-0.39, 0.29) is 0 Å². The first-order chi connectivity index (χ1) is 16.7. The molecule has 2 unspecified atom stereocenters. The third-order valence-corrected chi connectivity index (χ3v) is 7.92. The average Bonchev–Trinajstić information content (AvgIpc) is 2.87. The van der Waals surface area contributed by atoms with Gasteiger partial charge in [0.2, 0.25) is 0 Å². The minimum absolute atomic E-state index is 0.582. The Morgan fingerprint density at radius 2 is 1.12 bits per heavy atom. The van der Waals surface area contributed by atoms with Crippen LogP contribution in [-0.4, -0.2) is 13.2 Å². The van der Waals surface area contributed by atoms with E-state index in [9.17, 15) is 0 Å². The van der Waals surface area contributed by atoms with Crippen molar-refractivity contribution in [1.82, 2.24) is 0 Å². The molecule has 0 heterocycles. The topological polar surface area (TPSA) is 27.7 Å². The molecule has 34 heavy (non-hydrogen) atoms. The van der Waals surface area contributed by atoms with Crippen LogP contribution in [0, 0.1) is 11.8 Å². The van der Waals surface area contributed by atoms with E-state index in [0.717, 1.165) is 38.2 Å². The second-order valence-corrected chi connectivity index (χ2v) is 11.0. The van der Waals surface area contributed by atoms with Crippen molar-refractivity contribution < 1.29 is 13.6 Å². The predicted molar refractivity (Wildman–Crippen MR) is 150 cm³/mol. The zero-order valence-electron chi connectivity index (χ0n) is 23.2. The van der Waals surface area contributed by atoms with Gasteiger partial charge in [0.25, 0.3) is 0 Å². The van der Waals surface area contributed by atoms with E-state index in [1.807, 2.05) is 0 Å². The second-order valence-electron chi connectivity index (χ2n) is 9.90. The van der Waals surface area contributed by atoms with Crippen LogP contribution in [0.2, 0.25) is 0 Å². The van der Waals surface area contributed by atoms with Crippen molar-refractivity contribution in [3.8, 4) is 5.75 Å². The fourth-order valence-corrected chi connectivity index (χ4v) is 5.27. The van der Waals surface area contributed by atoms with E-state index in [1.165, 1.54) is 82.6 Å². The molecule has 0 N–H and O–H groups in total. The minimum atomic E-state index is -1.37. The number of rotatable bonds is 23. The van der Waals surface area contributed by atoms with Gasteiger partial charge in [-0.3, -0.25) is 0 Å². The van der Waals surface area contributed by atoms with E-state index >= 15 is 0 Å². The van der Waals surface area contributed by atoms with Crippen LogP contribution in [-0.2, 0) is 15.5 Å². The molecular weight excluding hydrogens is 439 g/mol. The van der Waals surface area contributed by atoms with Gasteiger partial charge in [-0.25, -0.2) is 0 Å². The molecule has 1 aromatic rings. The molecule has 0 fully saturated rings. The van der Waals surface area contributed by atoms with Crippen molar-refractivity contribution in [3.63, 3.8) is 0 Å². The van der Waals surface area contributed by atoms with Crippen LogP contribution in [0.25, 0.3) is 0 Å². The first-order valence-corrected chi connectivity index (χ1v) is 15.6. The summed E-state index contributed by atoms with van der Waals surface area (Å²) in [6.45, 7) is 12.7. The molecule has 198 valence electrons. The average molecular weight is 495 g/mol. The normalized spacial score (nSPS) is 14.1. The smallest absolute Gasteiger partial charge is 0.397 e. The zero-order valence-corrected chi connectivity index (χ0v) is 24.1. The van der Waals surface area contributed by atoms with Gasteiger partial charge in [-0.2, -0.15) is 0 Å². The molecule has 1 rings (SSSR count). The Kier molecular flexibility index (Phi) is 20.0. The van der Waals surface area contributed by atoms with Crippen molar-refractivity contribution in [2.24, 2.45) is 11.8 Å². The lowest BCUT2D eigenvalue weighted by Crippen LogP contribution is -2.12. The lowest BCUT2D eigenvalue weighted by atomic mass is 10.0. The lowest BCUT2D eigenvalue weighted by Gasteiger charge is -2.23. The summed E-state index contributed by atoms with van der Waals surface area (Å²) in [5.74, 6) is 2.03. The predicted octanol–water partition coefficient (Wildman–Crippen LogP) is 10.7. The van der Waals surface area contributed by atoms with Crippen LogP contribution in [0.15, 0.2) is 24.3 Å². The van der Waals surface area contributed by atoms with Gasteiger partial charge in [-0.15, -0.1) is 0 Å². The Bertz CT molecular complexity index is 543. The third-order valence-electron chi connectivity index (χ3n) is 6.84. The van der Waals surface area contributed by atoms with Gasteiger partial charge >= 0.3 is 8.60 Å². The summed E-state index contributed by atoms with van der Waals surface area (Å²) in [5.41, 5.74) is 1.39. The SMILES string of the molecule is CCCCCCCCc1ccc(OP(OCC(CC)CCCC)OCC(CC)CCCC)cc1. The summed E-state index contributed by atoms with van der Waals surface area (Å²) < 4.78 is 18.8. The number of hydrogen-bond donors (Lipinski definition) is 0. The molecule has 0 saturated heterocycles. The van der Waals surface area contributed by atoms with Crippen LogP contribution in [0.4, 0.5) is 0 Å². The molecule has 3 nitrogen and oxygen atoms in total. The molecule has 0 amide bonds. The third kappa shape index (κ3) is 15.4. The largest absolute Gasteiger partial charge is 0.427 e. The van der Waals surface area contributed by atoms with Crippen molar-refractivity contribution in [1.29, 1.82) is 0 Å². The second kappa shape index (κ2) is 21.6. The van der Waals surface area contributed by atoms with Gasteiger partial charge < -0.3 is 13.6 Å². The fourth-order valence-electron chi connectivity index (χ4n) is 4.13. The Hall–Kier alpha value is -0.630. The molecule has 2 atom stereocenters. The summed E-state index contributed by atoms with van der Waals surface area (Å²) in [5, 5.41) is 0. The highest BCUT2D eigenvalue weighted by Crippen LogP contribution is 2.42. The Labute approximate surface area is 213 Å². The highest BCUT2D eigenvalue weighted by molar-refractivity contribution is 7.42. The maximum absolute atomic E-state index is 6.26. The number of aryl methyl sites for hydroxylation is 1. The van der Waals surface area contributed by atoms with Crippen molar-refractivity contribution in [2.45, 2.75) is 131 Å². The highest BCUT2D eigenvalue weighted by atomic mass is 31.2. The van der Waals surface area contributed by atoms with Crippen LogP contribution >= 0.6 is 8.60 Å². The highest BCUT2D eigenvalue weighted by Gasteiger charge is 2.20. The van der Waals surface area contributed by atoms with Crippen molar-refractivity contribution in [3.05, 3.63) is 29.8 Å². The van der Waals surface area contributed by atoms with E-state index < -0.39 is 8.60 Å². The molecule has 0 radical (unpaired) electrons. The molecule has 0 aromatic heterocycles. The van der Waals surface area contributed by atoms with Crippen molar-refractivity contribution in [2.75, 3.05) is 13.2 Å². The molecule has 0 bridgehead atoms. The minimum Gasteiger partial charge on any atom is -0.427 e. The van der Waals surface area contributed by atoms with Gasteiger partial charge in [0.15, 0.2) is 0 Å². The van der Waals surface area contributed by atoms with E-state index in [0.29, 0.717) is 11.8 Å². The summed E-state index contributed by atoms with van der Waals surface area (Å²) in [4.78, 5) is 0. The van der Waals surface area contributed by atoms with Crippen LogP contribution < -0.4 is 4.52 Å². The quantitative estimate of drug-likeness (QED) is 0.112. The summed E-state index contributed by atoms with van der Waals surface area (Å²) in [6, 6.07) is 8.61. The fraction of sp³-hybridized carbons (Fsp3) is 0.800. The summed E-state index contributed by atoms with van der Waals surface area (Å²) in [7, 11) is -1.37. The molecule has 4 heteroatoms. The first-order valence-electron chi connectivity index (χ1n) is 14.5. The molecule has 0 aliphatic rings. The first kappa shape index (κ1) is 31.4. The Morgan fingerprint density at radius 3 is 1.62 bits per heavy atom. The van der Waals surface area contributed by atoms with Crippen molar-refractivity contribution >= 4 is 8.60 Å². The molecule has 1 aromatic carbocycles. The van der Waals surface area contributed by atoms with E-state index in [4.69, 9.17) is 13.6 Å². The molecule has 0 spiro atoms. The zero-order chi connectivity index (χ0) is 24.9. The standard InChI is InChI=1S/C30H55O3P/c1-6-11-14-15-16-17-20-29-21-23-30(24-22-29)33-34(31-25-27(9-4)18-12-7-2)32-26-28(10-5)19-13-8-3/h21-24,27-28H,6-20,25-26H2,1-5H3. The van der Waals surface area contributed by atoms with Crippen LogP contribution in [0.5, 0.6) is 5.75 Å². The van der Waals surface area contributed by atoms with Gasteiger partial charge in [-0.05, 0) is 55.2 Å². The number of hydrogen-bond acceptors (Lipinski definition) is 3. The summed E-state index contributed by atoms with van der Waals surface area (Å²) in [6.07, 6.45) is 18.9. The molecule has 0 aliphatic carbocycles. The molecular formula is C30H55O3P. The van der Waals surface area contributed by atoms with E-state index in [1.54, 1.807) is 0 Å². The van der Waals surface area contributed by atoms with Gasteiger partial charge in [0, 0.05) is 0 Å². The van der Waals surface area contributed by atoms with Gasteiger partial charge in [0.05, 0.1) is 13.2 Å². The number of unbranched alkanes of at least 4 members (excludes halogenated alkanes) is 7.